The molecule has 0 bridgehead atoms. The van der Waals surface area contributed by atoms with Gasteiger partial charge in [-0.15, -0.1) is 11.3 Å². The molecule has 0 spiro atoms. The van der Waals surface area contributed by atoms with E-state index in [2.05, 4.69) is 41.8 Å². The van der Waals surface area contributed by atoms with Gasteiger partial charge in [0, 0.05) is 17.6 Å². The van der Waals surface area contributed by atoms with Crippen molar-refractivity contribution >= 4 is 11.3 Å². The van der Waals surface area contributed by atoms with Gasteiger partial charge in [-0.3, -0.25) is 0 Å². The molecule has 4 heteroatoms. The average molecular weight is 267 g/mol. The lowest BCUT2D eigenvalue weighted by Gasteiger charge is -2.37. The van der Waals surface area contributed by atoms with E-state index in [1.807, 2.05) is 0 Å². The minimum Gasteiger partial charge on any atom is -0.317 e. The Labute approximate surface area is 114 Å². The third kappa shape index (κ3) is 3.31. The van der Waals surface area contributed by atoms with E-state index in [9.17, 15) is 0 Å². The maximum atomic E-state index is 4.57. The van der Waals surface area contributed by atoms with Crippen molar-refractivity contribution in [2.45, 2.75) is 46.1 Å². The molecule has 2 heterocycles. The Kier molecular flexibility index (Phi) is 4.76. The molecule has 2 rings (SSSR count). The third-order valence-corrected chi connectivity index (χ3v) is 5.35. The van der Waals surface area contributed by atoms with Crippen LogP contribution in [0.4, 0.5) is 0 Å². The fraction of sp³-hybridized carbons (Fsp3) is 0.786. The smallest absolute Gasteiger partial charge is 0.110 e. The van der Waals surface area contributed by atoms with E-state index >= 15 is 0 Å². The zero-order valence-corrected chi connectivity index (χ0v) is 12.6. The predicted molar refractivity (Wildman–Crippen MR) is 78.1 cm³/mol. The molecule has 1 unspecified atom stereocenters. The summed E-state index contributed by atoms with van der Waals surface area (Å²) in [5, 5.41) is 10.5. The van der Waals surface area contributed by atoms with Crippen LogP contribution < -0.4 is 10.6 Å². The Hall–Kier alpha value is -0.450. The summed E-state index contributed by atoms with van der Waals surface area (Å²) < 4.78 is 0. The standard InChI is InChI=1S/C14H25N3S/c1-4-14(5-7-15-8-6-14)10-16-12(3)13-17-11(2)9-18-13/h9,12,15-16H,4-8,10H2,1-3H3. The van der Waals surface area contributed by atoms with E-state index in [1.165, 1.54) is 37.4 Å². The van der Waals surface area contributed by atoms with Gasteiger partial charge in [0.25, 0.3) is 0 Å². The number of thiazole rings is 1. The Bertz CT molecular complexity index is 369. The highest BCUT2D eigenvalue weighted by Gasteiger charge is 2.30. The van der Waals surface area contributed by atoms with Gasteiger partial charge < -0.3 is 10.6 Å². The van der Waals surface area contributed by atoms with Crippen LogP contribution in [0.1, 0.15) is 49.9 Å². The van der Waals surface area contributed by atoms with E-state index < -0.39 is 0 Å². The zero-order chi connectivity index (χ0) is 13.0. The molecule has 1 saturated heterocycles. The maximum absolute atomic E-state index is 4.57. The predicted octanol–water partition coefficient (Wildman–Crippen LogP) is 2.88. The van der Waals surface area contributed by atoms with E-state index in [0.29, 0.717) is 11.5 Å². The first kappa shape index (κ1) is 14.0. The van der Waals surface area contributed by atoms with Gasteiger partial charge in [0.05, 0.1) is 6.04 Å². The molecule has 0 saturated carbocycles. The lowest BCUT2D eigenvalue weighted by Crippen LogP contribution is -2.43. The van der Waals surface area contributed by atoms with Crippen molar-refractivity contribution in [3.05, 3.63) is 16.1 Å². The van der Waals surface area contributed by atoms with Gasteiger partial charge in [-0.05, 0) is 51.6 Å². The van der Waals surface area contributed by atoms with Crippen molar-refractivity contribution in [3.63, 3.8) is 0 Å². The average Bonchev–Trinajstić information content (AvgIpc) is 2.84. The Morgan fingerprint density at radius 2 is 2.22 bits per heavy atom. The Morgan fingerprint density at radius 1 is 1.50 bits per heavy atom. The maximum Gasteiger partial charge on any atom is 0.110 e. The molecule has 1 fully saturated rings. The molecule has 1 aromatic heterocycles. The number of aryl methyl sites for hydroxylation is 1. The van der Waals surface area contributed by atoms with Crippen LogP contribution in [0.15, 0.2) is 5.38 Å². The summed E-state index contributed by atoms with van der Waals surface area (Å²) in [5.41, 5.74) is 1.63. The highest BCUT2D eigenvalue weighted by atomic mass is 32.1. The van der Waals surface area contributed by atoms with Crippen molar-refractivity contribution in [2.24, 2.45) is 5.41 Å². The Morgan fingerprint density at radius 3 is 2.78 bits per heavy atom. The van der Waals surface area contributed by atoms with E-state index in [4.69, 9.17) is 0 Å². The van der Waals surface area contributed by atoms with E-state index in [-0.39, 0.29) is 0 Å². The van der Waals surface area contributed by atoms with Gasteiger partial charge >= 0.3 is 0 Å². The summed E-state index contributed by atoms with van der Waals surface area (Å²) in [6.07, 6.45) is 3.85. The highest BCUT2D eigenvalue weighted by Crippen LogP contribution is 2.32. The second kappa shape index (κ2) is 6.13. The van der Waals surface area contributed by atoms with Gasteiger partial charge in [0.15, 0.2) is 0 Å². The van der Waals surface area contributed by atoms with Gasteiger partial charge in [0.1, 0.15) is 5.01 Å². The van der Waals surface area contributed by atoms with E-state index in [1.54, 1.807) is 11.3 Å². The molecule has 1 aromatic rings. The lowest BCUT2D eigenvalue weighted by molar-refractivity contribution is 0.180. The van der Waals surface area contributed by atoms with Gasteiger partial charge in [-0.1, -0.05) is 6.92 Å². The number of rotatable bonds is 5. The highest BCUT2D eigenvalue weighted by molar-refractivity contribution is 7.09. The number of nitrogens with zero attached hydrogens (tertiary/aromatic N) is 1. The normalized spacial score (nSPS) is 20.8. The summed E-state index contributed by atoms with van der Waals surface area (Å²) in [5.74, 6) is 0. The van der Waals surface area contributed by atoms with Crippen LogP contribution in [-0.4, -0.2) is 24.6 Å². The Balaban J connectivity index is 1.89. The number of nitrogens with one attached hydrogen (secondary N) is 2. The number of aromatic nitrogens is 1. The first-order valence-electron chi connectivity index (χ1n) is 7.01. The molecule has 1 aliphatic heterocycles. The van der Waals surface area contributed by atoms with Crippen LogP contribution in [-0.2, 0) is 0 Å². The largest absolute Gasteiger partial charge is 0.317 e. The van der Waals surface area contributed by atoms with Crippen LogP contribution in [0.25, 0.3) is 0 Å². The number of hydrogen-bond acceptors (Lipinski definition) is 4. The van der Waals surface area contributed by atoms with Crippen molar-refractivity contribution in [3.8, 4) is 0 Å². The fourth-order valence-corrected chi connectivity index (χ4v) is 3.47. The van der Waals surface area contributed by atoms with Crippen molar-refractivity contribution in [2.75, 3.05) is 19.6 Å². The third-order valence-electron chi connectivity index (χ3n) is 4.20. The van der Waals surface area contributed by atoms with Crippen LogP contribution in [0.3, 0.4) is 0 Å². The van der Waals surface area contributed by atoms with Crippen LogP contribution in [0, 0.1) is 12.3 Å². The number of hydrogen-bond donors (Lipinski definition) is 2. The first-order valence-corrected chi connectivity index (χ1v) is 7.89. The molecule has 1 atom stereocenters. The topological polar surface area (TPSA) is 37.0 Å². The second-order valence-electron chi connectivity index (χ2n) is 5.53. The molecular formula is C14H25N3S. The molecule has 3 nitrogen and oxygen atoms in total. The minimum atomic E-state index is 0.377. The zero-order valence-electron chi connectivity index (χ0n) is 11.8. The molecular weight excluding hydrogens is 242 g/mol. The lowest BCUT2D eigenvalue weighted by atomic mass is 9.76. The summed E-state index contributed by atoms with van der Waals surface area (Å²) in [6.45, 7) is 10.1. The quantitative estimate of drug-likeness (QED) is 0.861. The van der Waals surface area contributed by atoms with Crippen LogP contribution >= 0.6 is 11.3 Å². The molecule has 18 heavy (non-hydrogen) atoms. The molecule has 1 aliphatic rings. The summed E-state index contributed by atoms with van der Waals surface area (Å²) in [4.78, 5) is 4.57. The molecule has 0 aliphatic carbocycles. The molecule has 0 radical (unpaired) electrons. The summed E-state index contributed by atoms with van der Waals surface area (Å²) in [7, 11) is 0. The van der Waals surface area contributed by atoms with Crippen molar-refractivity contribution < 1.29 is 0 Å². The monoisotopic (exact) mass is 267 g/mol. The van der Waals surface area contributed by atoms with Crippen molar-refractivity contribution in [1.29, 1.82) is 0 Å². The molecule has 2 N–H and O–H groups in total. The molecule has 0 amide bonds. The minimum absolute atomic E-state index is 0.377. The van der Waals surface area contributed by atoms with Gasteiger partial charge in [-0.2, -0.15) is 0 Å². The van der Waals surface area contributed by atoms with E-state index in [0.717, 1.165) is 12.2 Å². The van der Waals surface area contributed by atoms with Crippen LogP contribution in [0.2, 0.25) is 0 Å². The second-order valence-corrected chi connectivity index (χ2v) is 6.42. The SMILES string of the molecule is CCC1(CNC(C)c2nc(C)cs2)CCNCC1. The summed E-state index contributed by atoms with van der Waals surface area (Å²) >= 11 is 1.76. The van der Waals surface area contributed by atoms with Gasteiger partial charge in [-0.25, -0.2) is 4.98 Å². The molecule has 102 valence electrons. The summed E-state index contributed by atoms with van der Waals surface area (Å²) in [6, 6.07) is 0.377. The van der Waals surface area contributed by atoms with Gasteiger partial charge in [0.2, 0.25) is 0 Å². The molecule has 0 aromatic carbocycles. The van der Waals surface area contributed by atoms with Crippen molar-refractivity contribution in [1.82, 2.24) is 15.6 Å². The fourth-order valence-electron chi connectivity index (χ4n) is 2.64. The first-order chi connectivity index (χ1) is 8.65. The number of piperidine rings is 1. The van der Waals surface area contributed by atoms with Crippen LogP contribution in [0.5, 0.6) is 0 Å².